The molecule has 1 amide bonds. The minimum atomic E-state index is -4.70. The van der Waals surface area contributed by atoms with Crippen molar-refractivity contribution in [2.75, 3.05) is 7.05 Å². The molecule has 0 aliphatic heterocycles. The monoisotopic (exact) mass is 199 g/mol. The van der Waals surface area contributed by atoms with Crippen LogP contribution in [0.25, 0.3) is 0 Å². The summed E-state index contributed by atoms with van der Waals surface area (Å²) < 4.78 is 36.1. The first-order valence-electron chi connectivity index (χ1n) is 3.72. The second-order valence-electron chi connectivity index (χ2n) is 2.58. The molecule has 72 valence electrons. The summed E-state index contributed by atoms with van der Waals surface area (Å²) >= 11 is 0. The van der Waals surface area contributed by atoms with Crippen LogP contribution in [-0.4, -0.2) is 33.4 Å². The van der Waals surface area contributed by atoms with Gasteiger partial charge in [-0.15, -0.1) is 0 Å². The van der Waals surface area contributed by atoms with Gasteiger partial charge in [-0.05, 0) is 6.04 Å². The highest BCUT2D eigenvalue weighted by atomic mass is 28.2. The molecule has 0 saturated carbocycles. The highest BCUT2D eigenvalue weighted by molar-refractivity contribution is 6.36. The molecule has 0 unspecified atom stereocenters. The summed E-state index contributed by atoms with van der Waals surface area (Å²) in [7, 11) is 0.192. The number of alkyl halides is 3. The fraction of sp³-hybridized carbons (Fsp3) is 0.833. The van der Waals surface area contributed by atoms with Crippen molar-refractivity contribution >= 4 is 15.6 Å². The van der Waals surface area contributed by atoms with Crippen molar-refractivity contribution in [2.45, 2.75) is 25.6 Å². The van der Waals surface area contributed by atoms with E-state index in [1.807, 2.05) is 6.92 Å². The van der Waals surface area contributed by atoms with Crippen LogP contribution in [0, 0.1) is 0 Å². The predicted octanol–water partition coefficient (Wildman–Crippen LogP) is 0.919. The number of hydrogen-bond acceptors (Lipinski definition) is 1. The number of amides is 1. The Bertz CT molecular complexity index is 159. The Morgan fingerprint density at radius 2 is 2.00 bits per heavy atom. The van der Waals surface area contributed by atoms with Crippen molar-refractivity contribution in [3.63, 3.8) is 0 Å². The lowest BCUT2D eigenvalue weighted by Gasteiger charge is -2.17. The van der Waals surface area contributed by atoms with Crippen molar-refractivity contribution < 1.29 is 18.0 Å². The lowest BCUT2D eigenvalue weighted by molar-refractivity contribution is -0.179. The molecule has 2 nitrogen and oxygen atoms in total. The van der Waals surface area contributed by atoms with Gasteiger partial charge in [0.25, 0.3) is 0 Å². The van der Waals surface area contributed by atoms with Crippen LogP contribution in [0.4, 0.5) is 13.2 Å². The molecule has 0 spiro atoms. The Morgan fingerprint density at radius 1 is 1.50 bits per heavy atom. The number of hydrogen-bond donors (Lipinski definition) is 0. The van der Waals surface area contributed by atoms with E-state index in [2.05, 4.69) is 0 Å². The Hall–Kier alpha value is -0.523. The van der Waals surface area contributed by atoms with Gasteiger partial charge in [-0.3, -0.25) is 4.79 Å². The van der Waals surface area contributed by atoms with Gasteiger partial charge in [0, 0.05) is 7.05 Å². The number of nitrogens with zero attached hydrogens (tertiary/aromatic N) is 1. The maximum atomic E-state index is 11.8. The molecule has 0 aliphatic carbocycles. The van der Waals surface area contributed by atoms with Crippen LogP contribution in [0.1, 0.15) is 13.3 Å². The molecular weight excluding hydrogens is 187 g/mol. The largest absolute Gasteiger partial charge is 0.470 e. The average molecular weight is 199 g/mol. The van der Waals surface area contributed by atoms with Gasteiger partial charge >= 0.3 is 12.1 Å². The maximum absolute atomic E-state index is 11.8. The third-order valence-electron chi connectivity index (χ3n) is 1.44. The average Bonchev–Trinajstić information content (AvgIpc) is 1.97. The lowest BCUT2D eigenvalue weighted by atomic mass is 10.6. The molecule has 0 heterocycles. The molecule has 0 saturated heterocycles. The lowest BCUT2D eigenvalue weighted by Crippen LogP contribution is -2.40. The zero-order valence-electron chi connectivity index (χ0n) is 7.11. The maximum Gasteiger partial charge on any atom is 0.470 e. The summed E-state index contributed by atoms with van der Waals surface area (Å²) in [6.07, 6.45) is -3.86. The summed E-state index contributed by atoms with van der Waals surface area (Å²) in [4.78, 5) is 10.5. The minimum absolute atomic E-state index is 0.734. The van der Waals surface area contributed by atoms with Gasteiger partial charge in [0.1, 0.15) is 9.68 Å². The number of carbonyl (C=O) groups excluding carboxylic acids is 1. The zero-order chi connectivity index (χ0) is 9.78. The van der Waals surface area contributed by atoms with Crippen molar-refractivity contribution in [1.82, 2.24) is 4.57 Å². The molecular formula is C6H12F3NOSi. The Balaban J connectivity index is 3.94. The van der Waals surface area contributed by atoms with Gasteiger partial charge in [0.2, 0.25) is 0 Å². The van der Waals surface area contributed by atoms with Gasteiger partial charge < -0.3 is 4.57 Å². The van der Waals surface area contributed by atoms with E-state index < -0.39 is 21.8 Å². The van der Waals surface area contributed by atoms with Gasteiger partial charge in [-0.2, -0.15) is 13.2 Å². The van der Waals surface area contributed by atoms with Gasteiger partial charge in [-0.25, -0.2) is 0 Å². The molecule has 0 aromatic carbocycles. The predicted molar refractivity (Wildman–Crippen MR) is 42.5 cm³/mol. The van der Waals surface area contributed by atoms with Crippen LogP contribution in [0.2, 0.25) is 6.04 Å². The number of carbonyl (C=O) groups is 1. The van der Waals surface area contributed by atoms with Gasteiger partial charge in [0.15, 0.2) is 0 Å². The van der Waals surface area contributed by atoms with E-state index in [9.17, 15) is 18.0 Å². The van der Waals surface area contributed by atoms with Gasteiger partial charge in [0.05, 0.1) is 0 Å². The summed E-state index contributed by atoms with van der Waals surface area (Å²) in [6, 6.07) is 0.734. The summed E-state index contributed by atoms with van der Waals surface area (Å²) in [5.41, 5.74) is 0. The second kappa shape index (κ2) is 4.49. The molecule has 0 rings (SSSR count). The van der Waals surface area contributed by atoms with Crippen LogP contribution < -0.4 is 0 Å². The summed E-state index contributed by atoms with van der Waals surface area (Å²) in [5, 5.41) is 0. The normalized spacial score (nSPS) is 12.4. The highest BCUT2D eigenvalue weighted by Crippen LogP contribution is 2.17. The minimum Gasteiger partial charge on any atom is -0.370 e. The SMILES string of the molecule is CCC[SiH2]N(C)C(=O)C(F)(F)F. The van der Waals surface area contributed by atoms with Crippen molar-refractivity contribution in [3.8, 4) is 0 Å². The first-order valence-corrected chi connectivity index (χ1v) is 5.35. The van der Waals surface area contributed by atoms with Crippen molar-refractivity contribution in [3.05, 3.63) is 0 Å². The molecule has 0 bridgehead atoms. The zero-order valence-corrected chi connectivity index (χ0v) is 8.52. The van der Waals surface area contributed by atoms with E-state index >= 15 is 0 Å². The van der Waals surface area contributed by atoms with Crippen LogP contribution in [-0.2, 0) is 4.79 Å². The standard InChI is InChI=1S/C6H12F3NOSi/c1-3-4-12-10(2)5(11)6(7,8)9/h3-4,12H2,1-2H3. The Kier molecular flexibility index (Phi) is 4.29. The molecule has 0 aromatic heterocycles. The van der Waals surface area contributed by atoms with Crippen molar-refractivity contribution in [2.24, 2.45) is 0 Å². The van der Waals surface area contributed by atoms with Crippen LogP contribution in [0.15, 0.2) is 0 Å². The quantitative estimate of drug-likeness (QED) is 0.619. The first-order chi connectivity index (χ1) is 5.39. The highest BCUT2D eigenvalue weighted by Gasteiger charge is 2.40. The summed E-state index contributed by atoms with van der Waals surface area (Å²) in [6.45, 7) is 1.89. The van der Waals surface area contributed by atoms with E-state index in [1.165, 1.54) is 7.05 Å². The van der Waals surface area contributed by atoms with E-state index in [0.29, 0.717) is 0 Å². The summed E-state index contributed by atoms with van der Waals surface area (Å²) in [5.74, 6) is -1.71. The molecule has 12 heavy (non-hydrogen) atoms. The fourth-order valence-electron chi connectivity index (χ4n) is 0.713. The third kappa shape index (κ3) is 3.75. The van der Waals surface area contributed by atoms with Crippen LogP contribution >= 0.6 is 0 Å². The second-order valence-corrected chi connectivity index (χ2v) is 4.68. The molecule has 0 radical (unpaired) electrons. The van der Waals surface area contributed by atoms with E-state index in [0.717, 1.165) is 17.0 Å². The molecule has 6 heteroatoms. The molecule has 0 N–H and O–H groups in total. The first kappa shape index (κ1) is 11.5. The number of rotatable bonds is 3. The van der Waals surface area contributed by atoms with E-state index in [-0.39, 0.29) is 0 Å². The Morgan fingerprint density at radius 3 is 2.33 bits per heavy atom. The fourth-order valence-corrected chi connectivity index (χ4v) is 1.89. The molecule has 0 aliphatic rings. The van der Waals surface area contributed by atoms with Gasteiger partial charge in [-0.1, -0.05) is 13.3 Å². The van der Waals surface area contributed by atoms with Crippen LogP contribution in [0.5, 0.6) is 0 Å². The molecule has 0 atom stereocenters. The Labute approximate surface area is 71.6 Å². The number of halogens is 3. The molecule has 0 aromatic rings. The topological polar surface area (TPSA) is 20.3 Å². The van der Waals surface area contributed by atoms with Crippen molar-refractivity contribution in [1.29, 1.82) is 0 Å². The van der Waals surface area contributed by atoms with Crippen LogP contribution in [0.3, 0.4) is 0 Å². The third-order valence-corrected chi connectivity index (χ3v) is 3.42. The van der Waals surface area contributed by atoms with E-state index in [1.54, 1.807) is 0 Å². The molecule has 0 fully saturated rings. The smallest absolute Gasteiger partial charge is 0.370 e. The van der Waals surface area contributed by atoms with E-state index in [4.69, 9.17) is 0 Å².